The Hall–Kier alpha value is -1.19. The molecule has 1 aromatic rings. The quantitative estimate of drug-likeness (QED) is 0.893. The van der Waals surface area contributed by atoms with E-state index in [1.807, 2.05) is 11.7 Å². The van der Waals surface area contributed by atoms with E-state index < -0.39 is 0 Å². The highest BCUT2D eigenvalue weighted by Gasteiger charge is 2.26. The third-order valence-electron chi connectivity index (χ3n) is 3.99. The average molecular weight is 250 g/mol. The Morgan fingerprint density at radius 3 is 2.78 bits per heavy atom. The maximum Gasteiger partial charge on any atom is 0.150 e. The molecule has 2 heterocycles. The van der Waals surface area contributed by atoms with Crippen molar-refractivity contribution in [1.82, 2.24) is 9.78 Å². The summed E-state index contributed by atoms with van der Waals surface area (Å²) in [5, 5.41) is 4.59. The van der Waals surface area contributed by atoms with Crippen LogP contribution in [0.5, 0.6) is 0 Å². The van der Waals surface area contributed by atoms with E-state index >= 15 is 0 Å². The zero-order chi connectivity index (χ0) is 13.1. The summed E-state index contributed by atoms with van der Waals surface area (Å²) >= 11 is 0. The molecule has 1 aromatic heterocycles. The second-order valence-corrected chi connectivity index (χ2v) is 5.31. The molecule has 0 bridgehead atoms. The van der Waals surface area contributed by atoms with Crippen molar-refractivity contribution in [3.8, 4) is 0 Å². The molecule has 4 nitrogen and oxygen atoms in total. The highest BCUT2D eigenvalue weighted by molar-refractivity contribution is 5.67. The van der Waals surface area contributed by atoms with Gasteiger partial charge >= 0.3 is 0 Å². The number of aryl methyl sites for hydroxylation is 2. The number of piperidine rings is 1. The Bertz CT molecular complexity index is 397. The molecule has 1 aliphatic rings. The average Bonchev–Trinajstić information content (AvgIpc) is 2.65. The van der Waals surface area contributed by atoms with Gasteiger partial charge in [-0.2, -0.15) is 5.10 Å². The number of aromatic nitrogens is 2. The molecule has 1 unspecified atom stereocenters. The van der Waals surface area contributed by atoms with Crippen LogP contribution >= 0.6 is 0 Å². The van der Waals surface area contributed by atoms with Crippen molar-refractivity contribution in [2.45, 2.75) is 58.4 Å². The van der Waals surface area contributed by atoms with Gasteiger partial charge in [0.15, 0.2) is 5.82 Å². The maximum absolute atomic E-state index is 6.31. The number of nitrogens with zero attached hydrogens (tertiary/aromatic N) is 3. The molecule has 1 atom stereocenters. The first-order chi connectivity index (χ1) is 8.69. The first kappa shape index (κ1) is 13.2. The van der Waals surface area contributed by atoms with Crippen molar-refractivity contribution in [3.63, 3.8) is 0 Å². The van der Waals surface area contributed by atoms with E-state index in [4.69, 9.17) is 5.73 Å². The van der Waals surface area contributed by atoms with E-state index in [2.05, 4.69) is 23.8 Å². The summed E-state index contributed by atoms with van der Waals surface area (Å²) in [6.45, 7) is 5.56. The number of nitrogens with two attached hydrogens (primary N) is 1. The second-order valence-electron chi connectivity index (χ2n) is 5.31. The van der Waals surface area contributed by atoms with E-state index in [-0.39, 0.29) is 0 Å². The third kappa shape index (κ3) is 2.33. The number of rotatable bonds is 4. The Labute approximate surface area is 110 Å². The lowest BCUT2D eigenvalue weighted by atomic mass is 10.00. The van der Waals surface area contributed by atoms with Gasteiger partial charge in [0, 0.05) is 19.6 Å². The molecule has 2 N–H and O–H groups in total. The number of hydrogen-bond acceptors (Lipinski definition) is 3. The summed E-state index contributed by atoms with van der Waals surface area (Å²) in [7, 11) is 2.02. The van der Waals surface area contributed by atoms with Crippen LogP contribution in [0.25, 0.3) is 0 Å². The molecule has 0 radical (unpaired) electrons. The topological polar surface area (TPSA) is 47.1 Å². The monoisotopic (exact) mass is 250 g/mol. The molecule has 1 aliphatic heterocycles. The van der Waals surface area contributed by atoms with Crippen LogP contribution in [-0.4, -0.2) is 22.4 Å². The van der Waals surface area contributed by atoms with Gasteiger partial charge in [0.2, 0.25) is 0 Å². The molecule has 102 valence electrons. The van der Waals surface area contributed by atoms with Gasteiger partial charge in [0.1, 0.15) is 0 Å². The highest BCUT2D eigenvalue weighted by atomic mass is 15.4. The minimum atomic E-state index is 0.630. The molecule has 0 amide bonds. The van der Waals surface area contributed by atoms with Gasteiger partial charge in [-0.05, 0) is 32.1 Å². The van der Waals surface area contributed by atoms with Crippen molar-refractivity contribution in [1.29, 1.82) is 0 Å². The Balaban J connectivity index is 2.30. The predicted molar refractivity (Wildman–Crippen MR) is 76.9 cm³/mol. The fourth-order valence-electron chi connectivity index (χ4n) is 3.05. The number of hydrogen-bond donors (Lipinski definition) is 1. The Morgan fingerprint density at radius 1 is 1.33 bits per heavy atom. The van der Waals surface area contributed by atoms with Crippen LogP contribution < -0.4 is 10.6 Å². The summed E-state index contributed by atoms with van der Waals surface area (Å²) in [5.74, 6) is 1.14. The minimum absolute atomic E-state index is 0.630. The van der Waals surface area contributed by atoms with E-state index in [1.165, 1.54) is 25.7 Å². The molecule has 1 saturated heterocycles. The van der Waals surface area contributed by atoms with E-state index in [0.717, 1.165) is 36.6 Å². The zero-order valence-corrected chi connectivity index (χ0v) is 11.9. The molecule has 0 aliphatic carbocycles. The first-order valence-corrected chi connectivity index (χ1v) is 7.27. The lowest BCUT2D eigenvalue weighted by molar-refractivity contribution is 0.441. The van der Waals surface area contributed by atoms with Crippen molar-refractivity contribution in [2.24, 2.45) is 7.05 Å². The van der Waals surface area contributed by atoms with Crippen molar-refractivity contribution in [2.75, 3.05) is 17.2 Å². The van der Waals surface area contributed by atoms with E-state index in [0.29, 0.717) is 6.04 Å². The number of anilines is 2. The molecule has 0 aromatic carbocycles. The lowest BCUT2D eigenvalue weighted by Gasteiger charge is -2.37. The summed E-state index contributed by atoms with van der Waals surface area (Å²) < 4.78 is 1.98. The summed E-state index contributed by atoms with van der Waals surface area (Å²) in [6, 6.07) is 0.630. The standard InChI is InChI=1S/C14H26N4/c1-4-8-12-13(15)14(17(3)16-12)18-10-7-6-9-11(18)5-2/h11H,4-10,15H2,1-3H3. The van der Waals surface area contributed by atoms with Crippen LogP contribution in [0.1, 0.15) is 51.6 Å². The van der Waals surface area contributed by atoms with Gasteiger partial charge in [0.05, 0.1) is 11.4 Å². The van der Waals surface area contributed by atoms with Crippen molar-refractivity contribution in [3.05, 3.63) is 5.69 Å². The smallest absolute Gasteiger partial charge is 0.150 e. The second kappa shape index (κ2) is 5.63. The Morgan fingerprint density at radius 2 is 2.11 bits per heavy atom. The van der Waals surface area contributed by atoms with Gasteiger partial charge in [-0.3, -0.25) is 4.68 Å². The van der Waals surface area contributed by atoms with Gasteiger partial charge in [-0.1, -0.05) is 20.3 Å². The summed E-state index contributed by atoms with van der Waals surface area (Å²) in [6.07, 6.45) is 7.15. The van der Waals surface area contributed by atoms with Gasteiger partial charge < -0.3 is 10.6 Å². The SMILES string of the molecule is CCCc1nn(C)c(N2CCCCC2CC)c1N. The molecule has 4 heteroatoms. The molecule has 0 spiro atoms. The van der Waals surface area contributed by atoms with Gasteiger partial charge in [-0.15, -0.1) is 0 Å². The third-order valence-corrected chi connectivity index (χ3v) is 3.99. The molecule has 18 heavy (non-hydrogen) atoms. The van der Waals surface area contributed by atoms with Crippen LogP contribution in [-0.2, 0) is 13.5 Å². The van der Waals surface area contributed by atoms with E-state index in [9.17, 15) is 0 Å². The summed E-state index contributed by atoms with van der Waals surface area (Å²) in [4.78, 5) is 2.48. The molecule has 2 rings (SSSR count). The van der Waals surface area contributed by atoms with Crippen LogP contribution in [0.2, 0.25) is 0 Å². The predicted octanol–water partition coefficient (Wildman–Crippen LogP) is 2.72. The molecular formula is C14H26N4. The largest absolute Gasteiger partial charge is 0.394 e. The first-order valence-electron chi connectivity index (χ1n) is 7.27. The van der Waals surface area contributed by atoms with Crippen LogP contribution in [0, 0.1) is 0 Å². The van der Waals surface area contributed by atoms with Crippen LogP contribution in [0.4, 0.5) is 11.5 Å². The molecule has 1 fully saturated rings. The highest BCUT2D eigenvalue weighted by Crippen LogP contribution is 2.32. The van der Waals surface area contributed by atoms with Crippen molar-refractivity contribution >= 4 is 11.5 Å². The van der Waals surface area contributed by atoms with Crippen LogP contribution in [0.15, 0.2) is 0 Å². The molecular weight excluding hydrogens is 224 g/mol. The Kier molecular flexibility index (Phi) is 4.15. The fraction of sp³-hybridized carbons (Fsp3) is 0.786. The van der Waals surface area contributed by atoms with Crippen molar-refractivity contribution < 1.29 is 0 Å². The summed E-state index contributed by atoms with van der Waals surface area (Å²) in [5.41, 5.74) is 8.28. The maximum atomic E-state index is 6.31. The van der Waals surface area contributed by atoms with Gasteiger partial charge in [-0.25, -0.2) is 0 Å². The normalized spacial score (nSPS) is 20.4. The minimum Gasteiger partial charge on any atom is -0.394 e. The van der Waals surface area contributed by atoms with Crippen LogP contribution in [0.3, 0.4) is 0 Å². The fourth-order valence-corrected chi connectivity index (χ4v) is 3.05. The van der Waals surface area contributed by atoms with Gasteiger partial charge in [0.25, 0.3) is 0 Å². The number of nitrogen functional groups attached to an aromatic ring is 1. The molecule has 0 saturated carbocycles. The lowest BCUT2D eigenvalue weighted by Crippen LogP contribution is -2.40. The van der Waals surface area contributed by atoms with E-state index in [1.54, 1.807) is 0 Å². The zero-order valence-electron chi connectivity index (χ0n) is 11.9.